The fourth-order valence-corrected chi connectivity index (χ4v) is 2.44. The van der Waals surface area contributed by atoms with E-state index >= 15 is 0 Å². The van der Waals surface area contributed by atoms with Crippen LogP contribution in [0.4, 0.5) is 0 Å². The summed E-state index contributed by atoms with van der Waals surface area (Å²) in [5.41, 5.74) is 4.31. The highest BCUT2D eigenvalue weighted by atomic mass is 14.7. The van der Waals surface area contributed by atoms with Crippen LogP contribution in [0.2, 0.25) is 0 Å². The first-order chi connectivity index (χ1) is 6.20. The second kappa shape index (κ2) is 3.13. The highest BCUT2D eigenvalue weighted by Gasteiger charge is 2.25. The third-order valence-corrected chi connectivity index (χ3v) is 3.22. The zero-order valence-electron chi connectivity index (χ0n) is 8.67. The van der Waals surface area contributed by atoms with E-state index in [1.807, 2.05) is 6.20 Å². The summed E-state index contributed by atoms with van der Waals surface area (Å²) in [7, 11) is 0. The average Bonchev–Trinajstić information content (AvgIpc) is 2.48. The molecule has 1 aromatic rings. The second-order valence-corrected chi connectivity index (χ2v) is 4.35. The van der Waals surface area contributed by atoms with Gasteiger partial charge in [-0.2, -0.15) is 0 Å². The van der Waals surface area contributed by atoms with E-state index in [2.05, 4.69) is 31.8 Å². The molecule has 1 heteroatoms. The van der Waals surface area contributed by atoms with Crippen LogP contribution in [0.3, 0.4) is 0 Å². The molecule has 0 N–H and O–H groups in total. The molecular weight excluding hydrogens is 158 g/mol. The largest absolute Gasteiger partial charge is 0.261 e. The van der Waals surface area contributed by atoms with Crippen LogP contribution < -0.4 is 0 Å². The zero-order chi connectivity index (χ0) is 9.42. The van der Waals surface area contributed by atoms with Gasteiger partial charge in [-0.15, -0.1) is 0 Å². The van der Waals surface area contributed by atoms with Crippen molar-refractivity contribution in [1.29, 1.82) is 0 Å². The van der Waals surface area contributed by atoms with Crippen molar-refractivity contribution in [2.45, 2.75) is 39.5 Å². The Labute approximate surface area is 80.2 Å². The molecule has 1 aliphatic rings. The maximum Gasteiger partial charge on any atom is 0.0407 e. The molecule has 0 radical (unpaired) electrons. The van der Waals surface area contributed by atoms with Gasteiger partial charge in [-0.3, -0.25) is 4.98 Å². The van der Waals surface area contributed by atoms with Gasteiger partial charge >= 0.3 is 0 Å². The molecule has 0 saturated heterocycles. The minimum Gasteiger partial charge on any atom is -0.261 e. The Hall–Kier alpha value is -0.850. The molecule has 0 bridgehead atoms. The molecule has 1 atom stereocenters. The lowest BCUT2D eigenvalue weighted by atomic mass is 9.90. The van der Waals surface area contributed by atoms with Crippen molar-refractivity contribution >= 4 is 0 Å². The van der Waals surface area contributed by atoms with E-state index in [-0.39, 0.29) is 0 Å². The van der Waals surface area contributed by atoms with Crippen LogP contribution in [-0.2, 0) is 6.42 Å². The minimum absolute atomic E-state index is 0.767. The Kier molecular flexibility index (Phi) is 2.10. The minimum atomic E-state index is 0.767. The van der Waals surface area contributed by atoms with Gasteiger partial charge in [0.1, 0.15) is 0 Å². The van der Waals surface area contributed by atoms with Crippen molar-refractivity contribution in [3.63, 3.8) is 0 Å². The van der Waals surface area contributed by atoms with Gasteiger partial charge in [0.25, 0.3) is 0 Å². The molecule has 0 aliphatic heterocycles. The first-order valence-corrected chi connectivity index (χ1v) is 5.14. The molecule has 1 heterocycles. The van der Waals surface area contributed by atoms with Crippen LogP contribution in [0, 0.1) is 12.8 Å². The van der Waals surface area contributed by atoms with Crippen LogP contribution in [0.1, 0.15) is 43.0 Å². The lowest BCUT2D eigenvalue weighted by molar-refractivity contribution is 0.496. The lowest BCUT2D eigenvalue weighted by Crippen LogP contribution is -2.02. The van der Waals surface area contributed by atoms with Gasteiger partial charge in [0.15, 0.2) is 0 Å². The van der Waals surface area contributed by atoms with Crippen LogP contribution in [-0.4, -0.2) is 4.98 Å². The monoisotopic (exact) mass is 175 g/mol. The van der Waals surface area contributed by atoms with Gasteiger partial charge in [-0.05, 0) is 48.8 Å². The number of aromatic nitrogens is 1. The van der Waals surface area contributed by atoms with Crippen molar-refractivity contribution in [1.82, 2.24) is 4.98 Å². The number of nitrogens with zero attached hydrogens (tertiary/aromatic N) is 1. The number of fused-ring (bicyclic) bond motifs is 1. The number of pyridine rings is 1. The van der Waals surface area contributed by atoms with E-state index in [1.54, 1.807) is 5.56 Å². The molecule has 0 spiro atoms. The maximum absolute atomic E-state index is 4.34. The Bertz CT molecular complexity index is 315. The Morgan fingerprint density at radius 1 is 1.46 bits per heavy atom. The quantitative estimate of drug-likeness (QED) is 0.639. The first kappa shape index (κ1) is 8.74. The molecule has 2 rings (SSSR count). The van der Waals surface area contributed by atoms with Crippen LogP contribution in [0.5, 0.6) is 0 Å². The molecular formula is C12H17N. The van der Waals surface area contributed by atoms with Crippen LogP contribution in [0.25, 0.3) is 0 Å². The standard InChI is InChI=1S/C12H17N/c1-8(2)10-4-5-11-9(3)13-7-6-12(10)11/h6-8,10H,4-5H2,1-3H3. The summed E-state index contributed by atoms with van der Waals surface area (Å²) in [4.78, 5) is 4.34. The molecule has 0 aromatic carbocycles. The molecule has 0 fully saturated rings. The van der Waals surface area contributed by atoms with E-state index in [1.165, 1.54) is 24.1 Å². The van der Waals surface area contributed by atoms with Gasteiger partial charge in [-0.25, -0.2) is 0 Å². The predicted octanol–water partition coefficient (Wildman–Crippen LogP) is 3.08. The SMILES string of the molecule is Cc1nccc2c1CCC2C(C)C. The Balaban J connectivity index is 2.43. The molecule has 70 valence electrons. The summed E-state index contributed by atoms with van der Waals surface area (Å²) in [6, 6.07) is 2.21. The van der Waals surface area contributed by atoms with Crippen LogP contribution in [0.15, 0.2) is 12.3 Å². The van der Waals surface area contributed by atoms with Crippen molar-refractivity contribution in [3.8, 4) is 0 Å². The van der Waals surface area contributed by atoms with Crippen molar-refractivity contribution < 1.29 is 0 Å². The fraction of sp³-hybridized carbons (Fsp3) is 0.583. The molecule has 13 heavy (non-hydrogen) atoms. The summed E-state index contributed by atoms with van der Waals surface area (Å²) in [5.74, 6) is 1.54. The van der Waals surface area contributed by atoms with Gasteiger partial charge in [-0.1, -0.05) is 13.8 Å². The lowest BCUT2D eigenvalue weighted by Gasteiger charge is -2.15. The third-order valence-electron chi connectivity index (χ3n) is 3.22. The summed E-state index contributed by atoms with van der Waals surface area (Å²) in [6.07, 6.45) is 4.51. The molecule has 0 amide bonds. The molecule has 1 unspecified atom stereocenters. The predicted molar refractivity (Wildman–Crippen MR) is 54.9 cm³/mol. The maximum atomic E-state index is 4.34. The van der Waals surface area contributed by atoms with Crippen molar-refractivity contribution in [3.05, 3.63) is 29.1 Å². The molecule has 1 aliphatic carbocycles. The number of hydrogen-bond donors (Lipinski definition) is 0. The second-order valence-electron chi connectivity index (χ2n) is 4.35. The van der Waals surface area contributed by atoms with E-state index < -0.39 is 0 Å². The van der Waals surface area contributed by atoms with E-state index in [9.17, 15) is 0 Å². The summed E-state index contributed by atoms with van der Waals surface area (Å²) >= 11 is 0. The van der Waals surface area contributed by atoms with Crippen molar-refractivity contribution in [2.75, 3.05) is 0 Å². The molecule has 1 aromatic heterocycles. The van der Waals surface area contributed by atoms with Gasteiger partial charge < -0.3 is 0 Å². The van der Waals surface area contributed by atoms with Crippen LogP contribution >= 0.6 is 0 Å². The van der Waals surface area contributed by atoms with Gasteiger partial charge in [0, 0.05) is 11.9 Å². The van der Waals surface area contributed by atoms with Crippen molar-refractivity contribution in [2.24, 2.45) is 5.92 Å². The molecule has 0 saturated carbocycles. The third kappa shape index (κ3) is 1.37. The average molecular weight is 175 g/mol. The highest BCUT2D eigenvalue weighted by Crippen LogP contribution is 2.38. The summed E-state index contributed by atoms with van der Waals surface area (Å²) < 4.78 is 0. The number of aryl methyl sites for hydroxylation is 1. The Morgan fingerprint density at radius 3 is 2.92 bits per heavy atom. The topological polar surface area (TPSA) is 12.9 Å². The summed E-state index contributed by atoms with van der Waals surface area (Å²) in [5, 5.41) is 0. The van der Waals surface area contributed by atoms with Gasteiger partial charge in [0.05, 0.1) is 0 Å². The summed E-state index contributed by atoms with van der Waals surface area (Å²) in [6.45, 7) is 6.76. The zero-order valence-corrected chi connectivity index (χ0v) is 8.67. The smallest absolute Gasteiger partial charge is 0.0407 e. The normalized spacial score (nSPS) is 20.8. The highest BCUT2D eigenvalue weighted by molar-refractivity contribution is 5.37. The van der Waals surface area contributed by atoms with E-state index in [0.29, 0.717) is 0 Å². The van der Waals surface area contributed by atoms with Gasteiger partial charge in [0.2, 0.25) is 0 Å². The Morgan fingerprint density at radius 2 is 2.23 bits per heavy atom. The number of hydrogen-bond acceptors (Lipinski definition) is 1. The fourth-order valence-electron chi connectivity index (χ4n) is 2.44. The first-order valence-electron chi connectivity index (χ1n) is 5.14. The van der Waals surface area contributed by atoms with E-state index in [4.69, 9.17) is 0 Å². The number of rotatable bonds is 1. The molecule has 1 nitrogen and oxygen atoms in total. The van der Waals surface area contributed by atoms with E-state index in [0.717, 1.165) is 11.8 Å².